The lowest BCUT2D eigenvalue weighted by Gasteiger charge is -2.12. The predicted octanol–water partition coefficient (Wildman–Crippen LogP) is 2.48. The fraction of sp³-hybridized carbons (Fsp3) is 0.333. The highest BCUT2D eigenvalue weighted by Gasteiger charge is 2.08. The summed E-state index contributed by atoms with van der Waals surface area (Å²) in [5.74, 6) is 0. The Bertz CT molecular complexity index is 293. The van der Waals surface area contributed by atoms with E-state index < -0.39 is 0 Å². The molecule has 0 aliphatic heterocycles. The van der Waals surface area contributed by atoms with Crippen molar-refractivity contribution in [2.45, 2.75) is 12.5 Å². The van der Waals surface area contributed by atoms with Gasteiger partial charge in [0.05, 0.1) is 0 Å². The van der Waals surface area contributed by atoms with Gasteiger partial charge in [-0.3, -0.25) is 0 Å². The molecule has 0 saturated carbocycles. The van der Waals surface area contributed by atoms with Gasteiger partial charge in [0.15, 0.2) is 0 Å². The van der Waals surface area contributed by atoms with Gasteiger partial charge in [-0.15, -0.1) is 0 Å². The van der Waals surface area contributed by atoms with Crippen molar-refractivity contribution in [1.29, 1.82) is 0 Å². The summed E-state index contributed by atoms with van der Waals surface area (Å²) < 4.78 is 0.890. The molecular formula is C9H11BrClNO. The topological polar surface area (TPSA) is 46.2 Å². The predicted molar refractivity (Wildman–Crippen MR) is 57.8 cm³/mol. The van der Waals surface area contributed by atoms with E-state index >= 15 is 0 Å². The summed E-state index contributed by atoms with van der Waals surface area (Å²) in [5.41, 5.74) is 6.79. The average molecular weight is 265 g/mol. The third-order valence-electron chi connectivity index (χ3n) is 1.80. The zero-order valence-electron chi connectivity index (χ0n) is 7.00. The summed E-state index contributed by atoms with van der Waals surface area (Å²) in [5, 5.41) is 9.40. The van der Waals surface area contributed by atoms with Crippen LogP contribution in [0, 0.1) is 0 Å². The van der Waals surface area contributed by atoms with Crippen LogP contribution >= 0.6 is 27.5 Å². The van der Waals surface area contributed by atoms with E-state index in [9.17, 15) is 0 Å². The van der Waals surface area contributed by atoms with Crippen LogP contribution in [0.4, 0.5) is 0 Å². The van der Waals surface area contributed by atoms with Crippen LogP contribution in [-0.4, -0.2) is 11.7 Å². The largest absolute Gasteiger partial charge is 0.396 e. The molecule has 1 atom stereocenters. The van der Waals surface area contributed by atoms with Gasteiger partial charge in [-0.2, -0.15) is 0 Å². The summed E-state index contributed by atoms with van der Waals surface area (Å²) in [6.07, 6.45) is 0.556. The smallest absolute Gasteiger partial charge is 0.0449 e. The van der Waals surface area contributed by atoms with Crippen molar-refractivity contribution in [2.75, 3.05) is 6.61 Å². The number of hydrogen-bond acceptors (Lipinski definition) is 2. The molecule has 4 heteroatoms. The number of rotatable bonds is 3. The Morgan fingerprint density at radius 1 is 1.54 bits per heavy atom. The summed E-state index contributed by atoms with van der Waals surface area (Å²) in [7, 11) is 0. The number of aliphatic hydroxyl groups excluding tert-OH is 1. The van der Waals surface area contributed by atoms with Gasteiger partial charge in [0.1, 0.15) is 0 Å². The molecule has 1 rings (SSSR count). The van der Waals surface area contributed by atoms with E-state index in [1.54, 1.807) is 12.1 Å². The van der Waals surface area contributed by atoms with Crippen molar-refractivity contribution >= 4 is 27.5 Å². The minimum atomic E-state index is -0.142. The third kappa shape index (κ3) is 2.95. The Morgan fingerprint density at radius 2 is 2.23 bits per heavy atom. The van der Waals surface area contributed by atoms with Crippen LogP contribution in [0.15, 0.2) is 22.7 Å². The molecule has 2 nitrogen and oxygen atoms in total. The van der Waals surface area contributed by atoms with E-state index in [1.165, 1.54) is 0 Å². The maximum absolute atomic E-state index is 8.72. The minimum Gasteiger partial charge on any atom is -0.396 e. The van der Waals surface area contributed by atoms with Gasteiger partial charge in [-0.25, -0.2) is 0 Å². The molecule has 72 valence electrons. The molecule has 0 saturated heterocycles. The van der Waals surface area contributed by atoms with E-state index in [-0.39, 0.29) is 12.6 Å². The van der Waals surface area contributed by atoms with Crippen LogP contribution < -0.4 is 5.73 Å². The van der Waals surface area contributed by atoms with Crippen molar-refractivity contribution in [3.05, 3.63) is 33.3 Å². The molecule has 0 aliphatic rings. The van der Waals surface area contributed by atoms with Gasteiger partial charge in [-0.05, 0) is 24.1 Å². The fourth-order valence-corrected chi connectivity index (χ4v) is 2.07. The van der Waals surface area contributed by atoms with Crippen molar-refractivity contribution in [1.82, 2.24) is 0 Å². The van der Waals surface area contributed by atoms with Gasteiger partial charge in [0, 0.05) is 22.1 Å². The first kappa shape index (κ1) is 11.0. The number of hydrogen-bond donors (Lipinski definition) is 2. The molecule has 0 aromatic heterocycles. The van der Waals surface area contributed by atoms with E-state index in [0.717, 1.165) is 10.0 Å². The van der Waals surface area contributed by atoms with Crippen molar-refractivity contribution in [2.24, 2.45) is 5.73 Å². The van der Waals surface area contributed by atoms with Crippen molar-refractivity contribution in [3.8, 4) is 0 Å². The van der Waals surface area contributed by atoms with E-state index in [0.29, 0.717) is 11.4 Å². The van der Waals surface area contributed by atoms with Crippen molar-refractivity contribution < 1.29 is 5.11 Å². The van der Waals surface area contributed by atoms with Crippen LogP contribution in [0.2, 0.25) is 5.02 Å². The number of halogens is 2. The highest BCUT2D eigenvalue weighted by Crippen LogP contribution is 2.26. The first-order valence-electron chi connectivity index (χ1n) is 3.96. The summed E-state index contributed by atoms with van der Waals surface area (Å²) in [6, 6.07) is 5.32. The molecule has 13 heavy (non-hydrogen) atoms. The molecule has 0 fully saturated rings. The van der Waals surface area contributed by atoms with Gasteiger partial charge in [0.25, 0.3) is 0 Å². The molecule has 3 N–H and O–H groups in total. The maximum atomic E-state index is 8.72. The van der Waals surface area contributed by atoms with Crippen LogP contribution in [-0.2, 0) is 0 Å². The summed E-state index contributed by atoms with van der Waals surface area (Å²) >= 11 is 9.15. The molecule has 0 amide bonds. The first-order valence-corrected chi connectivity index (χ1v) is 5.13. The average Bonchev–Trinajstić information content (AvgIpc) is 2.04. The second-order valence-electron chi connectivity index (χ2n) is 2.78. The second kappa shape index (κ2) is 4.96. The normalized spacial score (nSPS) is 12.9. The SMILES string of the molecule is N[C@@H](CCO)c1ccc(Cl)cc1Br. The van der Waals surface area contributed by atoms with Gasteiger partial charge in [-0.1, -0.05) is 33.6 Å². The molecule has 1 aromatic rings. The second-order valence-corrected chi connectivity index (χ2v) is 4.08. The zero-order chi connectivity index (χ0) is 9.84. The van der Waals surface area contributed by atoms with E-state index in [2.05, 4.69) is 15.9 Å². The Kier molecular flexibility index (Phi) is 4.19. The monoisotopic (exact) mass is 263 g/mol. The highest BCUT2D eigenvalue weighted by atomic mass is 79.9. The quantitative estimate of drug-likeness (QED) is 0.881. The molecule has 0 bridgehead atoms. The summed E-state index contributed by atoms with van der Waals surface area (Å²) in [6.45, 7) is 0.0935. The van der Waals surface area contributed by atoms with Crippen LogP contribution in [0.3, 0.4) is 0 Å². The molecule has 0 radical (unpaired) electrons. The molecule has 0 spiro atoms. The lowest BCUT2D eigenvalue weighted by molar-refractivity contribution is 0.276. The summed E-state index contributed by atoms with van der Waals surface area (Å²) in [4.78, 5) is 0. The number of nitrogens with two attached hydrogens (primary N) is 1. The van der Waals surface area contributed by atoms with Gasteiger partial charge < -0.3 is 10.8 Å². The molecule has 0 unspecified atom stereocenters. The lowest BCUT2D eigenvalue weighted by Crippen LogP contribution is -2.12. The van der Waals surface area contributed by atoms with Crippen LogP contribution in [0.1, 0.15) is 18.0 Å². The fourth-order valence-electron chi connectivity index (χ4n) is 1.10. The third-order valence-corrected chi connectivity index (χ3v) is 2.72. The Hall–Kier alpha value is -0.0900. The molecule has 0 aliphatic carbocycles. The lowest BCUT2D eigenvalue weighted by atomic mass is 10.1. The Morgan fingerprint density at radius 3 is 2.77 bits per heavy atom. The van der Waals surface area contributed by atoms with Crippen LogP contribution in [0.25, 0.3) is 0 Å². The first-order chi connectivity index (χ1) is 6.15. The van der Waals surface area contributed by atoms with Crippen LogP contribution in [0.5, 0.6) is 0 Å². The zero-order valence-corrected chi connectivity index (χ0v) is 9.35. The standard InChI is InChI=1S/C9H11BrClNO/c10-8-5-6(11)1-2-7(8)9(12)3-4-13/h1-2,5,9,13H,3-4,12H2/t9-/m0/s1. The Labute approximate surface area is 90.8 Å². The molecular weight excluding hydrogens is 253 g/mol. The minimum absolute atomic E-state index is 0.0935. The highest BCUT2D eigenvalue weighted by molar-refractivity contribution is 9.10. The maximum Gasteiger partial charge on any atom is 0.0449 e. The Balaban J connectivity index is 2.88. The number of aliphatic hydroxyl groups is 1. The van der Waals surface area contributed by atoms with E-state index in [1.807, 2.05) is 6.07 Å². The molecule has 0 heterocycles. The van der Waals surface area contributed by atoms with E-state index in [4.69, 9.17) is 22.4 Å². The van der Waals surface area contributed by atoms with Gasteiger partial charge in [0.2, 0.25) is 0 Å². The molecule has 1 aromatic carbocycles. The number of benzene rings is 1. The van der Waals surface area contributed by atoms with Crippen molar-refractivity contribution in [3.63, 3.8) is 0 Å². The van der Waals surface area contributed by atoms with Gasteiger partial charge >= 0.3 is 0 Å².